The van der Waals surface area contributed by atoms with Crippen LogP contribution in [0.5, 0.6) is 5.75 Å². The number of hydrogen-bond donors (Lipinski definition) is 2. The van der Waals surface area contributed by atoms with Crippen molar-refractivity contribution in [1.29, 1.82) is 0 Å². The van der Waals surface area contributed by atoms with Gasteiger partial charge in [-0.15, -0.1) is 0 Å². The van der Waals surface area contributed by atoms with Gasteiger partial charge < -0.3 is 15.2 Å². The third-order valence-corrected chi connectivity index (χ3v) is 8.88. The predicted molar refractivity (Wildman–Crippen MR) is 191 cm³/mol. The molecule has 0 spiro atoms. The van der Waals surface area contributed by atoms with Crippen LogP contribution in [-0.4, -0.2) is 27.7 Å². The van der Waals surface area contributed by atoms with Gasteiger partial charge in [0.2, 0.25) is 0 Å². The van der Waals surface area contributed by atoms with Crippen LogP contribution in [0.4, 0.5) is 0 Å². The van der Waals surface area contributed by atoms with Gasteiger partial charge in [0.25, 0.3) is 0 Å². The Morgan fingerprint density at radius 2 is 1.57 bits per heavy atom. The van der Waals surface area contributed by atoms with E-state index in [1.807, 2.05) is 36.7 Å². The van der Waals surface area contributed by atoms with E-state index in [0.717, 1.165) is 59.6 Å². The van der Waals surface area contributed by atoms with E-state index in [0.29, 0.717) is 18.2 Å². The molecule has 2 N–H and O–H groups in total. The third-order valence-electron chi connectivity index (χ3n) is 8.88. The van der Waals surface area contributed by atoms with Crippen LogP contribution in [0.2, 0.25) is 0 Å². The van der Waals surface area contributed by atoms with Gasteiger partial charge in [0.15, 0.2) is 5.82 Å². The van der Waals surface area contributed by atoms with Crippen molar-refractivity contribution in [2.45, 2.75) is 90.5 Å². The molecule has 1 heterocycles. The van der Waals surface area contributed by atoms with Crippen LogP contribution in [0.25, 0.3) is 28.2 Å². The number of allylic oxidation sites excluding steroid dienone is 1. The smallest absolute Gasteiger partial charge is 0.159 e. The lowest BCUT2D eigenvalue weighted by atomic mass is 9.87. The summed E-state index contributed by atoms with van der Waals surface area (Å²) in [5, 5.41) is 14.3. The molecule has 1 aromatic heterocycles. The van der Waals surface area contributed by atoms with E-state index in [2.05, 4.69) is 91.2 Å². The van der Waals surface area contributed by atoms with Crippen LogP contribution >= 0.6 is 0 Å². The van der Waals surface area contributed by atoms with Crippen molar-refractivity contribution in [2.24, 2.45) is 0 Å². The van der Waals surface area contributed by atoms with Gasteiger partial charge in [-0.05, 0) is 84.0 Å². The second kappa shape index (κ2) is 16.3. The van der Waals surface area contributed by atoms with Crippen molar-refractivity contribution in [2.75, 3.05) is 6.61 Å². The molecule has 5 rings (SSSR count). The zero-order chi connectivity index (χ0) is 32.3. The van der Waals surface area contributed by atoms with E-state index in [1.54, 1.807) is 0 Å². The molecule has 0 aliphatic heterocycles. The van der Waals surface area contributed by atoms with Crippen LogP contribution in [0.3, 0.4) is 0 Å². The molecule has 0 bridgehead atoms. The fraction of sp³-hybridized carbons (Fsp3) is 0.366. The molecule has 3 aromatic carbocycles. The summed E-state index contributed by atoms with van der Waals surface area (Å²) in [6, 6.07) is 24.9. The molecular weight excluding hydrogens is 566 g/mol. The standard InChI is InChI=1S/C41H49N3O2/c1-5-6-7-8-9-24-46-38-22-20-32(21-23-38)37-27-42-41(43-28-37)34-18-16-31(17-19-34)25-39(30(4)45)44-40(33-12-10-13-33)36-15-11-14-35(26-36)29(2)3/h11,14-23,26-29,39,44-45H,4-10,12-13,24-25H2,1-3H3. The van der Waals surface area contributed by atoms with Gasteiger partial charge in [0.05, 0.1) is 12.6 Å². The zero-order valence-corrected chi connectivity index (χ0v) is 27.8. The van der Waals surface area contributed by atoms with Gasteiger partial charge in [0, 0.05) is 29.2 Å². The number of aliphatic hydroxyl groups excluding tert-OH is 1. The molecule has 1 aliphatic carbocycles. The van der Waals surface area contributed by atoms with Crippen molar-refractivity contribution in [3.63, 3.8) is 0 Å². The van der Waals surface area contributed by atoms with Gasteiger partial charge in [-0.3, -0.25) is 0 Å². The summed E-state index contributed by atoms with van der Waals surface area (Å²) < 4.78 is 5.91. The first-order valence-electron chi connectivity index (χ1n) is 17.0. The first-order valence-corrected chi connectivity index (χ1v) is 17.0. The van der Waals surface area contributed by atoms with E-state index < -0.39 is 0 Å². The molecule has 1 fully saturated rings. The highest BCUT2D eigenvalue weighted by Gasteiger charge is 2.21. The van der Waals surface area contributed by atoms with Crippen molar-refractivity contribution in [1.82, 2.24) is 15.3 Å². The summed E-state index contributed by atoms with van der Waals surface area (Å²) in [5.41, 5.74) is 9.14. The third kappa shape index (κ3) is 8.87. The predicted octanol–water partition coefficient (Wildman–Crippen LogP) is 10.5. The number of nitrogens with zero attached hydrogens (tertiary/aromatic N) is 2. The monoisotopic (exact) mass is 615 g/mol. The Bertz CT molecular complexity index is 1580. The zero-order valence-electron chi connectivity index (χ0n) is 27.8. The number of unbranched alkanes of at least 4 members (excludes halogenated alkanes) is 4. The molecule has 1 atom stereocenters. The van der Waals surface area contributed by atoms with E-state index >= 15 is 0 Å². The maximum absolute atomic E-state index is 10.6. The molecule has 46 heavy (non-hydrogen) atoms. The summed E-state index contributed by atoms with van der Waals surface area (Å²) >= 11 is 0. The summed E-state index contributed by atoms with van der Waals surface area (Å²) in [6.45, 7) is 11.4. The topological polar surface area (TPSA) is 67.3 Å². The quantitative estimate of drug-likeness (QED) is 0.0969. The Morgan fingerprint density at radius 3 is 2.20 bits per heavy atom. The molecule has 0 radical (unpaired) electrons. The number of rotatable bonds is 16. The number of hydrogen-bond acceptors (Lipinski definition) is 5. The van der Waals surface area contributed by atoms with Crippen molar-refractivity contribution >= 4 is 5.70 Å². The number of aromatic nitrogens is 2. The Hall–Kier alpha value is -4.38. The van der Waals surface area contributed by atoms with E-state index in [1.165, 1.54) is 48.8 Å². The summed E-state index contributed by atoms with van der Waals surface area (Å²) in [4.78, 5) is 9.33. The molecule has 5 heteroatoms. The number of ether oxygens (including phenoxy) is 1. The highest BCUT2D eigenvalue weighted by atomic mass is 16.5. The largest absolute Gasteiger partial charge is 0.511 e. The van der Waals surface area contributed by atoms with E-state index in [4.69, 9.17) is 4.74 Å². The number of benzene rings is 3. The number of aliphatic hydroxyl groups is 1. The molecule has 240 valence electrons. The lowest BCUT2D eigenvalue weighted by Crippen LogP contribution is -2.33. The Kier molecular flexibility index (Phi) is 11.7. The fourth-order valence-corrected chi connectivity index (χ4v) is 5.76. The normalized spacial score (nSPS) is 13.3. The minimum Gasteiger partial charge on any atom is -0.511 e. The maximum Gasteiger partial charge on any atom is 0.159 e. The molecule has 5 nitrogen and oxygen atoms in total. The maximum atomic E-state index is 10.6. The van der Waals surface area contributed by atoms with E-state index in [9.17, 15) is 5.11 Å². The molecule has 1 unspecified atom stereocenters. The van der Waals surface area contributed by atoms with E-state index in [-0.39, 0.29) is 11.8 Å². The Balaban J connectivity index is 1.20. The number of nitrogens with one attached hydrogen (secondary N) is 1. The lowest BCUT2D eigenvalue weighted by Gasteiger charge is -2.28. The molecule has 1 saturated carbocycles. The van der Waals surface area contributed by atoms with Gasteiger partial charge in [0.1, 0.15) is 11.5 Å². The van der Waals surface area contributed by atoms with Crippen LogP contribution in [0.15, 0.2) is 103 Å². The van der Waals surface area contributed by atoms with Crippen molar-refractivity contribution < 1.29 is 9.84 Å². The van der Waals surface area contributed by atoms with Gasteiger partial charge >= 0.3 is 0 Å². The van der Waals surface area contributed by atoms with Crippen LogP contribution in [0, 0.1) is 0 Å². The second-order valence-corrected chi connectivity index (χ2v) is 12.8. The van der Waals surface area contributed by atoms with Gasteiger partial charge in [-0.25, -0.2) is 9.97 Å². The first kappa shape index (κ1) is 33.0. The van der Waals surface area contributed by atoms with Crippen molar-refractivity contribution in [3.05, 3.63) is 120 Å². The van der Waals surface area contributed by atoms with Gasteiger partial charge in [-0.2, -0.15) is 0 Å². The fourth-order valence-electron chi connectivity index (χ4n) is 5.76. The highest BCUT2D eigenvalue weighted by molar-refractivity contribution is 5.69. The second-order valence-electron chi connectivity index (χ2n) is 12.8. The molecule has 4 aromatic rings. The summed E-state index contributed by atoms with van der Waals surface area (Å²) in [7, 11) is 0. The van der Waals surface area contributed by atoms with Gasteiger partial charge in [-0.1, -0.05) is 108 Å². The summed E-state index contributed by atoms with van der Waals surface area (Å²) in [5.74, 6) is 2.18. The Labute approximate surface area is 275 Å². The molecule has 0 saturated heterocycles. The first-order chi connectivity index (χ1) is 22.4. The van der Waals surface area contributed by atoms with Crippen LogP contribution in [-0.2, 0) is 6.42 Å². The lowest BCUT2D eigenvalue weighted by molar-refractivity contribution is 0.304. The van der Waals surface area contributed by atoms with Crippen LogP contribution < -0.4 is 10.1 Å². The van der Waals surface area contributed by atoms with Crippen molar-refractivity contribution in [3.8, 4) is 28.3 Å². The molecule has 0 amide bonds. The average Bonchev–Trinajstić information content (AvgIpc) is 3.05. The minimum atomic E-state index is -0.297. The summed E-state index contributed by atoms with van der Waals surface area (Å²) in [6.07, 6.45) is 13.9. The minimum absolute atomic E-state index is 0.141. The average molecular weight is 616 g/mol. The molecular formula is C41H49N3O2. The Morgan fingerprint density at radius 1 is 0.870 bits per heavy atom. The SMILES string of the molecule is C=C(O)C(Cc1ccc(-c2ncc(-c3ccc(OCCCCCCC)cc3)cn2)cc1)NC(=C1CCC1)c1cccc(C(C)C)c1. The molecule has 1 aliphatic rings. The van der Waals surface area contributed by atoms with Crippen LogP contribution in [0.1, 0.15) is 94.7 Å². The highest BCUT2D eigenvalue weighted by Crippen LogP contribution is 2.34.